The molecule has 0 bridgehead atoms. The quantitative estimate of drug-likeness (QED) is 0.443. The first kappa shape index (κ1) is 24.3. The van der Waals surface area contributed by atoms with Crippen LogP contribution in [0.25, 0.3) is 0 Å². The topological polar surface area (TPSA) is 37.3 Å². The molecule has 0 saturated heterocycles. The summed E-state index contributed by atoms with van der Waals surface area (Å²) in [5.74, 6) is 1.27. The highest BCUT2D eigenvalue weighted by molar-refractivity contribution is 5.66. The van der Waals surface area contributed by atoms with Gasteiger partial charge in [-0.05, 0) is 114 Å². The molecule has 4 saturated carbocycles. The van der Waals surface area contributed by atoms with Crippen molar-refractivity contribution in [2.75, 3.05) is 0 Å². The molecule has 32 heavy (non-hydrogen) atoms. The predicted molar refractivity (Wildman–Crippen MR) is 133 cm³/mol. The molecule has 4 fully saturated rings. The van der Waals surface area contributed by atoms with Crippen molar-refractivity contribution in [1.29, 1.82) is 0 Å². The highest BCUT2D eigenvalue weighted by Crippen LogP contribution is 2.77. The maximum Gasteiger partial charge on any atom is 0.303 e. The summed E-state index contributed by atoms with van der Waals surface area (Å²) in [5, 5.41) is 9.53. The lowest BCUT2D eigenvalue weighted by Crippen LogP contribution is -2.66. The fraction of sp³-hybridized carbons (Fsp3) is 0.900. The van der Waals surface area contributed by atoms with E-state index in [0.717, 1.165) is 12.3 Å². The van der Waals surface area contributed by atoms with E-state index in [4.69, 9.17) is 0 Å². The van der Waals surface area contributed by atoms with Gasteiger partial charge in [-0.3, -0.25) is 4.79 Å². The van der Waals surface area contributed by atoms with E-state index in [1.807, 2.05) is 0 Å². The third-order valence-corrected chi connectivity index (χ3v) is 12.7. The monoisotopic (exact) mass is 442 g/mol. The Hall–Kier alpha value is -0.790. The smallest absolute Gasteiger partial charge is 0.303 e. The lowest BCUT2D eigenvalue weighted by molar-refractivity contribution is -0.247. The van der Waals surface area contributed by atoms with Crippen molar-refractivity contribution >= 4 is 5.97 Å². The normalized spacial score (nSPS) is 52.3. The molecular formula is C30H50O2. The summed E-state index contributed by atoms with van der Waals surface area (Å²) in [7, 11) is 0. The number of carboxylic acids is 1. The fourth-order valence-electron chi connectivity index (χ4n) is 10.3. The first-order valence-corrected chi connectivity index (χ1v) is 13.5. The summed E-state index contributed by atoms with van der Waals surface area (Å²) < 4.78 is 0. The molecule has 1 N–H and O–H groups in total. The van der Waals surface area contributed by atoms with Crippen molar-refractivity contribution < 1.29 is 9.90 Å². The van der Waals surface area contributed by atoms with E-state index < -0.39 is 5.97 Å². The largest absolute Gasteiger partial charge is 0.481 e. The fourth-order valence-corrected chi connectivity index (χ4v) is 10.3. The van der Waals surface area contributed by atoms with Gasteiger partial charge in [-0.15, -0.1) is 6.58 Å². The Kier molecular flexibility index (Phi) is 5.59. The summed E-state index contributed by atoms with van der Waals surface area (Å²) >= 11 is 0. The van der Waals surface area contributed by atoms with Gasteiger partial charge >= 0.3 is 5.97 Å². The molecule has 0 radical (unpaired) electrons. The molecule has 182 valence electrons. The van der Waals surface area contributed by atoms with Gasteiger partial charge in [0, 0.05) is 6.42 Å². The van der Waals surface area contributed by atoms with Crippen molar-refractivity contribution in [3.8, 4) is 0 Å². The second-order valence-corrected chi connectivity index (χ2v) is 14.7. The van der Waals surface area contributed by atoms with E-state index in [1.165, 1.54) is 57.8 Å². The van der Waals surface area contributed by atoms with Gasteiger partial charge < -0.3 is 5.11 Å². The molecule has 0 aromatic rings. The number of aliphatic carboxylic acids is 1. The number of hydrogen-bond donors (Lipinski definition) is 1. The lowest BCUT2D eigenvalue weighted by atomic mass is 9.31. The maximum absolute atomic E-state index is 11.6. The van der Waals surface area contributed by atoms with Crippen LogP contribution in [0.1, 0.15) is 119 Å². The highest BCUT2D eigenvalue weighted by atomic mass is 16.4. The molecule has 4 aliphatic rings. The van der Waals surface area contributed by atoms with Crippen LogP contribution in [-0.4, -0.2) is 11.1 Å². The summed E-state index contributed by atoms with van der Waals surface area (Å²) in [6.07, 6.45) is 15.2. The molecule has 2 heteroatoms. The summed E-state index contributed by atoms with van der Waals surface area (Å²) in [4.78, 5) is 11.6. The third kappa shape index (κ3) is 3.28. The third-order valence-electron chi connectivity index (χ3n) is 12.7. The minimum Gasteiger partial charge on any atom is -0.481 e. The predicted octanol–water partition coefficient (Wildman–Crippen LogP) is 8.51. The van der Waals surface area contributed by atoms with Gasteiger partial charge in [0.1, 0.15) is 0 Å². The average molecular weight is 443 g/mol. The SMILES string of the molecule is C=C[C@@]1(C)CC[C@H]2[C@](C)(CC[C@@]3(C)[C@@H]4CC(C)(C)CC[C@@]4(C)CC[C@@]23C)[C@@H]1CCC(=O)O. The van der Waals surface area contributed by atoms with Crippen LogP contribution in [0.5, 0.6) is 0 Å². The Morgan fingerprint density at radius 3 is 2.09 bits per heavy atom. The van der Waals surface area contributed by atoms with Crippen LogP contribution in [0.3, 0.4) is 0 Å². The van der Waals surface area contributed by atoms with Crippen molar-refractivity contribution in [1.82, 2.24) is 0 Å². The number of fused-ring (bicyclic) bond motifs is 5. The molecule has 0 spiro atoms. The summed E-state index contributed by atoms with van der Waals surface area (Å²) in [5.41, 5.74) is 1.97. The average Bonchev–Trinajstić information content (AvgIpc) is 2.70. The number of allylic oxidation sites excluding steroid dienone is 1. The number of carboxylic acid groups (broad SMARTS) is 1. The number of hydrogen-bond acceptors (Lipinski definition) is 1. The lowest BCUT2D eigenvalue weighted by Gasteiger charge is -2.74. The maximum atomic E-state index is 11.6. The van der Waals surface area contributed by atoms with Gasteiger partial charge in [-0.2, -0.15) is 0 Å². The van der Waals surface area contributed by atoms with Crippen LogP contribution in [0, 0.1) is 50.2 Å². The first-order valence-electron chi connectivity index (χ1n) is 13.5. The number of carbonyl (C=O) groups is 1. The van der Waals surface area contributed by atoms with E-state index >= 15 is 0 Å². The molecule has 0 aromatic carbocycles. The van der Waals surface area contributed by atoms with Gasteiger partial charge in [0.2, 0.25) is 0 Å². The van der Waals surface area contributed by atoms with Gasteiger partial charge in [-0.1, -0.05) is 54.5 Å². The van der Waals surface area contributed by atoms with E-state index in [0.29, 0.717) is 39.9 Å². The zero-order valence-corrected chi connectivity index (χ0v) is 22.2. The minimum atomic E-state index is -0.646. The van der Waals surface area contributed by atoms with Crippen molar-refractivity contribution in [3.63, 3.8) is 0 Å². The molecule has 0 amide bonds. The van der Waals surface area contributed by atoms with Gasteiger partial charge in [0.15, 0.2) is 0 Å². The molecule has 8 atom stereocenters. The van der Waals surface area contributed by atoms with Crippen LogP contribution < -0.4 is 0 Å². The Labute approximate surface area is 198 Å². The van der Waals surface area contributed by atoms with E-state index in [9.17, 15) is 9.90 Å². The molecule has 0 unspecified atom stereocenters. The van der Waals surface area contributed by atoms with Crippen LogP contribution in [0.4, 0.5) is 0 Å². The molecular weight excluding hydrogens is 392 g/mol. The van der Waals surface area contributed by atoms with E-state index in [2.05, 4.69) is 61.1 Å². The minimum absolute atomic E-state index is 0.0564. The Morgan fingerprint density at radius 1 is 0.875 bits per heavy atom. The molecule has 0 aliphatic heterocycles. The van der Waals surface area contributed by atoms with Crippen molar-refractivity contribution in [3.05, 3.63) is 12.7 Å². The Bertz CT molecular complexity index is 784. The summed E-state index contributed by atoms with van der Waals surface area (Å²) in [6, 6.07) is 0. The van der Waals surface area contributed by atoms with Gasteiger partial charge in [0.25, 0.3) is 0 Å². The van der Waals surface area contributed by atoms with Crippen LogP contribution in [-0.2, 0) is 4.79 Å². The molecule has 4 aliphatic carbocycles. The molecule has 0 aromatic heterocycles. The zero-order valence-electron chi connectivity index (χ0n) is 22.2. The first-order chi connectivity index (χ1) is 14.7. The standard InChI is InChI=1S/C30H50O2/c1-9-26(4)13-12-22-28(6,21(26)10-11-24(31)32)17-19-30(8)23-20-25(2,3)14-15-27(23,5)16-18-29(22,30)7/h9,21-23H,1,10-20H2,2-8H3,(H,31,32)/t21-,22+,23-,26+,27+,28-,29+,30+/m1/s1. The van der Waals surface area contributed by atoms with Crippen LogP contribution in [0.2, 0.25) is 0 Å². The van der Waals surface area contributed by atoms with Gasteiger partial charge in [0.05, 0.1) is 0 Å². The van der Waals surface area contributed by atoms with E-state index in [-0.39, 0.29) is 10.8 Å². The summed E-state index contributed by atoms with van der Waals surface area (Å²) in [6.45, 7) is 22.2. The van der Waals surface area contributed by atoms with E-state index in [1.54, 1.807) is 0 Å². The van der Waals surface area contributed by atoms with Crippen molar-refractivity contribution in [2.24, 2.45) is 50.2 Å². The molecule has 0 heterocycles. The van der Waals surface area contributed by atoms with Crippen LogP contribution in [0.15, 0.2) is 12.7 Å². The second-order valence-electron chi connectivity index (χ2n) is 14.7. The van der Waals surface area contributed by atoms with Crippen LogP contribution >= 0.6 is 0 Å². The van der Waals surface area contributed by atoms with Gasteiger partial charge in [-0.25, -0.2) is 0 Å². The second kappa shape index (κ2) is 7.35. The molecule has 2 nitrogen and oxygen atoms in total. The highest BCUT2D eigenvalue weighted by Gasteiger charge is 2.69. The van der Waals surface area contributed by atoms with Crippen molar-refractivity contribution in [2.45, 2.75) is 119 Å². The Balaban J connectivity index is 1.74. The molecule has 4 rings (SSSR count). The zero-order chi connectivity index (χ0) is 23.8. The number of rotatable bonds is 4. The Morgan fingerprint density at radius 2 is 1.47 bits per heavy atom.